The highest BCUT2D eigenvalue weighted by molar-refractivity contribution is 5.98. The van der Waals surface area contributed by atoms with Crippen molar-refractivity contribution in [1.29, 1.82) is 5.26 Å². The molecule has 150 valence electrons. The van der Waals surface area contributed by atoms with Crippen molar-refractivity contribution in [2.75, 3.05) is 32.7 Å². The van der Waals surface area contributed by atoms with Crippen molar-refractivity contribution in [2.45, 2.75) is 6.54 Å². The first-order chi connectivity index (χ1) is 13.9. The number of nitrogens with one attached hydrogen (secondary N) is 1. The van der Waals surface area contributed by atoms with E-state index in [2.05, 4.69) is 5.32 Å². The van der Waals surface area contributed by atoms with Gasteiger partial charge in [0.1, 0.15) is 17.4 Å². The van der Waals surface area contributed by atoms with Crippen LogP contribution in [0.5, 0.6) is 5.75 Å². The van der Waals surface area contributed by atoms with Crippen LogP contribution in [0.1, 0.15) is 11.1 Å². The second-order valence-electron chi connectivity index (χ2n) is 6.36. The number of ether oxygens (including phenoxy) is 2. The number of rotatable bonds is 8. The fraction of sp³-hybridized carbons (Fsp3) is 0.227. The lowest BCUT2D eigenvalue weighted by molar-refractivity contribution is -0.144. The second kappa shape index (κ2) is 10.5. The maximum absolute atomic E-state index is 12.1. The van der Waals surface area contributed by atoms with Crippen LogP contribution >= 0.6 is 0 Å². The van der Waals surface area contributed by atoms with Crippen LogP contribution < -0.4 is 15.0 Å². The fourth-order valence-electron chi connectivity index (χ4n) is 2.38. The van der Waals surface area contributed by atoms with Crippen molar-refractivity contribution in [3.63, 3.8) is 0 Å². The molecule has 0 spiro atoms. The third kappa shape index (κ3) is 6.70. The molecule has 0 saturated heterocycles. The van der Waals surface area contributed by atoms with Crippen molar-refractivity contribution in [3.05, 3.63) is 65.2 Å². The number of amides is 1. The van der Waals surface area contributed by atoms with E-state index in [0.29, 0.717) is 12.1 Å². The molecule has 0 unspecified atom stereocenters. The van der Waals surface area contributed by atoms with Gasteiger partial charge in [-0.25, -0.2) is 4.79 Å². The summed E-state index contributed by atoms with van der Waals surface area (Å²) in [5.74, 6) is -0.577. The third-order valence-electron chi connectivity index (χ3n) is 4.04. The van der Waals surface area contributed by atoms with Gasteiger partial charge < -0.3 is 19.7 Å². The Kier molecular flexibility index (Phi) is 7.80. The summed E-state index contributed by atoms with van der Waals surface area (Å²) in [5.41, 5.74) is 2.39. The zero-order chi connectivity index (χ0) is 21.2. The van der Waals surface area contributed by atoms with Gasteiger partial charge in [0.15, 0.2) is 6.61 Å². The summed E-state index contributed by atoms with van der Waals surface area (Å²) in [7, 11) is 5.42. The Balaban J connectivity index is 1.86. The third-order valence-corrected chi connectivity index (χ3v) is 4.04. The Bertz CT molecular complexity index is 911. The predicted molar refractivity (Wildman–Crippen MR) is 110 cm³/mol. The number of anilines is 1. The molecule has 0 atom stereocenters. The number of nitrogens with zero attached hydrogens (tertiary/aromatic N) is 2. The molecule has 1 amide bonds. The first-order valence-electron chi connectivity index (χ1n) is 8.89. The predicted octanol–water partition coefficient (Wildman–Crippen LogP) is 2.53. The number of carbonyl (C=O) groups is 2. The van der Waals surface area contributed by atoms with Gasteiger partial charge in [0.25, 0.3) is 5.91 Å². The van der Waals surface area contributed by atoms with Gasteiger partial charge in [-0.05, 0) is 41.5 Å². The van der Waals surface area contributed by atoms with Crippen LogP contribution in [0.25, 0.3) is 6.08 Å². The molecule has 0 fully saturated rings. The van der Waals surface area contributed by atoms with E-state index >= 15 is 0 Å². The van der Waals surface area contributed by atoms with Crippen LogP contribution in [0.4, 0.5) is 5.69 Å². The van der Waals surface area contributed by atoms with Crippen molar-refractivity contribution in [2.24, 2.45) is 0 Å². The maximum Gasteiger partial charge on any atom is 0.349 e. The summed E-state index contributed by atoms with van der Waals surface area (Å²) in [6, 6.07) is 16.4. The number of esters is 1. The van der Waals surface area contributed by atoms with Gasteiger partial charge >= 0.3 is 5.97 Å². The number of nitriles is 1. The van der Waals surface area contributed by atoms with Crippen LogP contribution in [0.3, 0.4) is 0 Å². The van der Waals surface area contributed by atoms with E-state index < -0.39 is 18.5 Å². The SMILES string of the molecule is COc1ccc(CNC(=O)COC(=O)/C(C#N)=C/c2ccc(N(C)C)cc2)cc1. The lowest BCUT2D eigenvalue weighted by Gasteiger charge is -2.11. The normalized spacial score (nSPS) is 10.6. The number of benzene rings is 2. The summed E-state index contributed by atoms with van der Waals surface area (Å²) < 4.78 is 10.0. The Morgan fingerprint density at radius 1 is 1.10 bits per heavy atom. The van der Waals surface area contributed by atoms with E-state index in [0.717, 1.165) is 17.0 Å². The molecule has 0 aromatic heterocycles. The Hall–Kier alpha value is -3.79. The van der Waals surface area contributed by atoms with Gasteiger partial charge in [-0.2, -0.15) is 5.26 Å². The standard InChI is InChI=1S/C22H23N3O4/c1-25(2)19-8-4-16(5-9-19)12-18(13-23)22(27)29-15-21(26)24-14-17-6-10-20(28-3)11-7-17/h4-12H,14-15H2,1-3H3,(H,24,26)/b18-12+. The van der Waals surface area contributed by atoms with Gasteiger partial charge in [0.05, 0.1) is 7.11 Å². The largest absolute Gasteiger partial charge is 0.497 e. The molecule has 1 N–H and O–H groups in total. The molecule has 0 radical (unpaired) electrons. The minimum Gasteiger partial charge on any atom is -0.497 e. The molecule has 0 heterocycles. The molecule has 7 heteroatoms. The highest BCUT2D eigenvalue weighted by atomic mass is 16.5. The lowest BCUT2D eigenvalue weighted by Crippen LogP contribution is -2.28. The summed E-state index contributed by atoms with van der Waals surface area (Å²) in [4.78, 5) is 25.9. The van der Waals surface area contributed by atoms with Crippen LogP contribution in [0.15, 0.2) is 54.1 Å². The van der Waals surface area contributed by atoms with Gasteiger partial charge in [0.2, 0.25) is 0 Å². The van der Waals surface area contributed by atoms with Gasteiger partial charge in [0, 0.05) is 26.3 Å². The summed E-state index contributed by atoms with van der Waals surface area (Å²) >= 11 is 0. The second-order valence-corrected chi connectivity index (χ2v) is 6.36. The molecule has 2 rings (SSSR count). The Morgan fingerprint density at radius 3 is 2.31 bits per heavy atom. The van der Waals surface area contributed by atoms with Crippen molar-refractivity contribution < 1.29 is 19.1 Å². The summed E-state index contributed by atoms with van der Waals surface area (Å²) in [6.07, 6.45) is 1.43. The highest BCUT2D eigenvalue weighted by Gasteiger charge is 2.13. The number of hydrogen-bond acceptors (Lipinski definition) is 6. The monoisotopic (exact) mass is 393 g/mol. The van der Waals surface area contributed by atoms with E-state index in [9.17, 15) is 14.9 Å². The summed E-state index contributed by atoms with van der Waals surface area (Å²) in [6.45, 7) is -0.173. The zero-order valence-corrected chi connectivity index (χ0v) is 16.6. The van der Waals surface area contributed by atoms with E-state index in [4.69, 9.17) is 9.47 Å². The van der Waals surface area contributed by atoms with Gasteiger partial charge in [-0.15, -0.1) is 0 Å². The molecule has 0 aliphatic heterocycles. The van der Waals surface area contributed by atoms with Crippen molar-refractivity contribution >= 4 is 23.6 Å². The lowest BCUT2D eigenvalue weighted by atomic mass is 10.1. The van der Waals surface area contributed by atoms with E-state index in [-0.39, 0.29) is 5.57 Å². The van der Waals surface area contributed by atoms with E-state index in [1.165, 1.54) is 6.08 Å². The molecule has 29 heavy (non-hydrogen) atoms. The molecule has 0 bridgehead atoms. The van der Waals surface area contributed by atoms with Gasteiger partial charge in [-0.1, -0.05) is 24.3 Å². The molecule has 2 aromatic carbocycles. The average molecular weight is 393 g/mol. The minimum atomic E-state index is -0.844. The first-order valence-corrected chi connectivity index (χ1v) is 8.89. The number of hydrogen-bond donors (Lipinski definition) is 1. The van der Waals surface area contributed by atoms with Crippen LogP contribution in [0, 0.1) is 11.3 Å². The topological polar surface area (TPSA) is 91.7 Å². The van der Waals surface area contributed by atoms with Crippen LogP contribution in [0.2, 0.25) is 0 Å². The molecule has 0 aliphatic carbocycles. The molecular formula is C22H23N3O4. The number of methoxy groups -OCH3 is 1. The molecule has 0 aliphatic rings. The highest BCUT2D eigenvalue weighted by Crippen LogP contribution is 2.15. The van der Waals surface area contributed by atoms with Crippen molar-refractivity contribution in [1.82, 2.24) is 5.32 Å². The molecular weight excluding hydrogens is 370 g/mol. The minimum absolute atomic E-state index is 0.175. The average Bonchev–Trinajstić information content (AvgIpc) is 2.74. The van der Waals surface area contributed by atoms with E-state index in [1.807, 2.05) is 49.3 Å². The van der Waals surface area contributed by atoms with Crippen LogP contribution in [-0.4, -0.2) is 39.7 Å². The van der Waals surface area contributed by atoms with E-state index in [1.54, 1.807) is 31.4 Å². The zero-order valence-electron chi connectivity index (χ0n) is 16.6. The quantitative estimate of drug-likeness (QED) is 0.421. The molecule has 7 nitrogen and oxygen atoms in total. The number of carbonyl (C=O) groups excluding carboxylic acids is 2. The van der Waals surface area contributed by atoms with Crippen LogP contribution in [-0.2, 0) is 20.9 Å². The Morgan fingerprint density at radius 2 is 1.76 bits per heavy atom. The molecule has 2 aromatic rings. The van der Waals surface area contributed by atoms with Gasteiger partial charge in [-0.3, -0.25) is 4.79 Å². The smallest absolute Gasteiger partial charge is 0.349 e. The molecule has 0 saturated carbocycles. The van der Waals surface area contributed by atoms with Crippen molar-refractivity contribution in [3.8, 4) is 11.8 Å². The maximum atomic E-state index is 12.1. The Labute approximate surface area is 170 Å². The summed E-state index contributed by atoms with van der Waals surface area (Å²) in [5, 5.41) is 11.9. The first kappa shape index (κ1) is 21.5. The fourth-order valence-corrected chi connectivity index (χ4v) is 2.38.